The second-order valence-electron chi connectivity index (χ2n) is 7.92. The zero-order valence-corrected chi connectivity index (χ0v) is 18.3. The van der Waals surface area contributed by atoms with Gasteiger partial charge in [0, 0.05) is 44.3 Å². The smallest absolute Gasteiger partial charge is 0.244 e. The van der Waals surface area contributed by atoms with Gasteiger partial charge in [0.15, 0.2) is 0 Å². The van der Waals surface area contributed by atoms with Crippen molar-refractivity contribution >= 4 is 17.9 Å². The Kier molecular flexibility index (Phi) is 8.87. The fourth-order valence-corrected chi connectivity index (χ4v) is 3.93. The van der Waals surface area contributed by atoms with E-state index in [4.69, 9.17) is 14.2 Å². The molecular weight excluding hydrogens is 398 g/mol. The summed E-state index contributed by atoms with van der Waals surface area (Å²) in [6, 6.07) is 6.96. The number of amides is 2. The quantitative estimate of drug-likeness (QED) is 0.569. The van der Waals surface area contributed by atoms with E-state index in [1.165, 1.54) is 6.08 Å². The van der Waals surface area contributed by atoms with Gasteiger partial charge in [-0.05, 0) is 37.1 Å². The molecule has 3 atom stereocenters. The molecule has 170 valence electrons. The highest BCUT2D eigenvalue weighted by molar-refractivity contribution is 5.95. The number of rotatable bonds is 9. The molecule has 1 aromatic carbocycles. The number of hydrogen-bond acceptors (Lipinski definition) is 6. The van der Waals surface area contributed by atoms with E-state index in [1.807, 2.05) is 24.3 Å². The summed E-state index contributed by atoms with van der Waals surface area (Å²) in [5, 5.41) is 5.74. The SMILES string of the molecule is COc1ccc(/C=C/C(=O)NC(C)C(=O)NCC(C2CCOC2)N2CCOCC2)cc1. The summed E-state index contributed by atoms with van der Waals surface area (Å²) >= 11 is 0. The number of morpholine rings is 1. The predicted octanol–water partition coefficient (Wildman–Crippen LogP) is 1.07. The summed E-state index contributed by atoms with van der Waals surface area (Å²) < 4.78 is 16.2. The van der Waals surface area contributed by atoms with Crippen LogP contribution in [-0.2, 0) is 19.1 Å². The Bertz CT molecular complexity index is 740. The molecule has 2 aliphatic rings. The Morgan fingerprint density at radius 2 is 1.94 bits per heavy atom. The van der Waals surface area contributed by atoms with Gasteiger partial charge in [-0.25, -0.2) is 0 Å². The summed E-state index contributed by atoms with van der Waals surface area (Å²) in [6.45, 7) is 6.87. The van der Waals surface area contributed by atoms with Crippen LogP contribution in [0.4, 0.5) is 0 Å². The van der Waals surface area contributed by atoms with Crippen molar-refractivity contribution in [3.63, 3.8) is 0 Å². The molecule has 2 N–H and O–H groups in total. The van der Waals surface area contributed by atoms with E-state index >= 15 is 0 Å². The number of nitrogens with one attached hydrogen (secondary N) is 2. The summed E-state index contributed by atoms with van der Waals surface area (Å²) in [4.78, 5) is 27.2. The van der Waals surface area contributed by atoms with Crippen molar-refractivity contribution in [3.05, 3.63) is 35.9 Å². The lowest BCUT2D eigenvalue weighted by atomic mass is 9.96. The molecular formula is C23H33N3O5. The Labute approximate surface area is 183 Å². The lowest BCUT2D eigenvalue weighted by Gasteiger charge is -2.37. The Hall–Kier alpha value is -2.42. The monoisotopic (exact) mass is 431 g/mol. The van der Waals surface area contributed by atoms with Crippen molar-refractivity contribution in [1.29, 1.82) is 0 Å². The average Bonchev–Trinajstić information content (AvgIpc) is 3.33. The van der Waals surface area contributed by atoms with Gasteiger partial charge in [-0.3, -0.25) is 14.5 Å². The van der Waals surface area contributed by atoms with Crippen LogP contribution in [0.3, 0.4) is 0 Å². The zero-order valence-electron chi connectivity index (χ0n) is 18.3. The molecule has 31 heavy (non-hydrogen) atoms. The van der Waals surface area contributed by atoms with Crippen LogP contribution in [-0.4, -0.2) is 82.0 Å². The number of carbonyl (C=O) groups is 2. The van der Waals surface area contributed by atoms with Gasteiger partial charge in [-0.15, -0.1) is 0 Å². The predicted molar refractivity (Wildman–Crippen MR) is 118 cm³/mol. The molecule has 2 heterocycles. The van der Waals surface area contributed by atoms with Crippen LogP contribution in [0.1, 0.15) is 18.9 Å². The number of methoxy groups -OCH3 is 1. The Morgan fingerprint density at radius 1 is 1.19 bits per heavy atom. The van der Waals surface area contributed by atoms with Crippen LogP contribution < -0.4 is 15.4 Å². The van der Waals surface area contributed by atoms with E-state index in [1.54, 1.807) is 20.1 Å². The van der Waals surface area contributed by atoms with Gasteiger partial charge in [-0.2, -0.15) is 0 Å². The molecule has 0 radical (unpaired) electrons. The first-order chi connectivity index (χ1) is 15.1. The molecule has 2 fully saturated rings. The van der Waals surface area contributed by atoms with E-state index in [2.05, 4.69) is 15.5 Å². The molecule has 3 unspecified atom stereocenters. The Balaban J connectivity index is 1.47. The van der Waals surface area contributed by atoms with Gasteiger partial charge in [0.1, 0.15) is 11.8 Å². The average molecular weight is 432 g/mol. The van der Waals surface area contributed by atoms with E-state index in [0.29, 0.717) is 25.7 Å². The lowest BCUT2D eigenvalue weighted by molar-refractivity contribution is -0.127. The fourth-order valence-electron chi connectivity index (χ4n) is 3.93. The number of ether oxygens (including phenoxy) is 3. The first kappa shape index (κ1) is 23.2. The van der Waals surface area contributed by atoms with E-state index in [0.717, 1.165) is 44.0 Å². The second-order valence-corrected chi connectivity index (χ2v) is 7.92. The third kappa shape index (κ3) is 7.05. The minimum absolute atomic E-state index is 0.191. The fraction of sp³-hybridized carbons (Fsp3) is 0.565. The molecule has 0 spiro atoms. The van der Waals surface area contributed by atoms with Crippen LogP contribution in [0.5, 0.6) is 5.75 Å². The van der Waals surface area contributed by atoms with Gasteiger partial charge in [0.2, 0.25) is 11.8 Å². The summed E-state index contributed by atoms with van der Waals surface area (Å²) in [5.41, 5.74) is 0.875. The number of carbonyl (C=O) groups excluding carboxylic acids is 2. The maximum absolute atomic E-state index is 12.6. The second kappa shape index (κ2) is 11.8. The molecule has 2 aliphatic heterocycles. The largest absolute Gasteiger partial charge is 0.497 e. The van der Waals surface area contributed by atoms with Gasteiger partial charge in [-0.1, -0.05) is 12.1 Å². The lowest BCUT2D eigenvalue weighted by Crippen LogP contribution is -2.54. The van der Waals surface area contributed by atoms with E-state index in [-0.39, 0.29) is 17.9 Å². The van der Waals surface area contributed by atoms with Gasteiger partial charge < -0.3 is 24.8 Å². The van der Waals surface area contributed by atoms with Crippen molar-refractivity contribution in [2.45, 2.75) is 25.4 Å². The molecule has 0 aliphatic carbocycles. The van der Waals surface area contributed by atoms with E-state index < -0.39 is 6.04 Å². The molecule has 8 nitrogen and oxygen atoms in total. The van der Waals surface area contributed by atoms with Crippen molar-refractivity contribution in [1.82, 2.24) is 15.5 Å². The molecule has 8 heteroatoms. The zero-order chi connectivity index (χ0) is 22.1. The molecule has 2 saturated heterocycles. The van der Waals surface area contributed by atoms with Gasteiger partial charge in [0.25, 0.3) is 0 Å². The highest BCUT2D eigenvalue weighted by atomic mass is 16.5. The highest BCUT2D eigenvalue weighted by Crippen LogP contribution is 2.22. The molecule has 2 amide bonds. The number of nitrogens with zero attached hydrogens (tertiary/aromatic N) is 1. The normalized spacial score (nSPS) is 21.5. The number of hydrogen-bond donors (Lipinski definition) is 2. The van der Waals surface area contributed by atoms with Crippen LogP contribution in [0.2, 0.25) is 0 Å². The first-order valence-electron chi connectivity index (χ1n) is 10.9. The van der Waals surface area contributed by atoms with Crippen LogP contribution >= 0.6 is 0 Å². The molecule has 1 aromatic rings. The van der Waals surface area contributed by atoms with Crippen molar-refractivity contribution < 1.29 is 23.8 Å². The molecule has 0 saturated carbocycles. The highest BCUT2D eigenvalue weighted by Gasteiger charge is 2.32. The third-order valence-corrected chi connectivity index (χ3v) is 5.80. The Morgan fingerprint density at radius 3 is 2.58 bits per heavy atom. The van der Waals surface area contributed by atoms with Crippen LogP contribution in [0.15, 0.2) is 30.3 Å². The van der Waals surface area contributed by atoms with Crippen LogP contribution in [0.25, 0.3) is 6.08 Å². The molecule has 0 aromatic heterocycles. The summed E-state index contributed by atoms with van der Waals surface area (Å²) in [6.07, 6.45) is 4.13. The maximum Gasteiger partial charge on any atom is 0.244 e. The van der Waals surface area contributed by atoms with Gasteiger partial charge >= 0.3 is 0 Å². The maximum atomic E-state index is 12.6. The molecule has 3 rings (SSSR count). The third-order valence-electron chi connectivity index (χ3n) is 5.80. The minimum Gasteiger partial charge on any atom is -0.497 e. The standard InChI is InChI=1S/C23H33N3O5/c1-17(25-22(27)8-5-18-3-6-20(29-2)7-4-18)23(28)24-15-21(19-9-12-31-16-19)26-10-13-30-14-11-26/h3-8,17,19,21H,9-16H2,1-2H3,(H,24,28)(H,25,27)/b8-5+. The van der Waals surface area contributed by atoms with Crippen LogP contribution in [0, 0.1) is 5.92 Å². The first-order valence-corrected chi connectivity index (χ1v) is 10.9. The van der Waals surface area contributed by atoms with Gasteiger partial charge in [0.05, 0.1) is 26.9 Å². The van der Waals surface area contributed by atoms with Crippen molar-refractivity contribution in [2.24, 2.45) is 5.92 Å². The summed E-state index contributed by atoms with van der Waals surface area (Å²) in [7, 11) is 1.61. The summed E-state index contributed by atoms with van der Waals surface area (Å²) in [5.74, 6) is 0.651. The minimum atomic E-state index is -0.627. The van der Waals surface area contributed by atoms with Crippen molar-refractivity contribution in [3.8, 4) is 5.75 Å². The van der Waals surface area contributed by atoms with Crippen molar-refractivity contribution in [2.75, 3.05) is 53.2 Å². The van der Waals surface area contributed by atoms with E-state index in [9.17, 15) is 9.59 Å². The number of benzene rings is 1. The molecule has 0 bridgehead atoms. The topological polar surface area (TPSA) is 89.1 Å².